The molecule has 3 rings (SSSR count). The van der Waals surface area contributed by atoms with E-state index in [0.29, 0.717) is 5.91 Å². The Morgan fingerprint density at radius 2 is 2.22 bits per heavy atom. The minimum atomic E-state index is 0.289. The lowest BCUT2D eigenvalue weighted by Gasteiger charge is -2.33. The van der Waals surface area contributed by atoms with Gasteiger partial charge in [0.15, 0.2) is 0 Å². The van der Waals surface area contributed by atoms with Gasteiger partial charge in [-0.05, 0) is 49.2 Å². The monoisotopic (exact) mass is 264 g/mol. The second-order valence-electron chi connectivity index (χ2n) is 5.57. The van der Waals surface area contributed by atoms with E-state index in [9.17, 15) is 4.79 Å². The molecule has 2 fully saturated rings. The standard InChI is InChI=1S/C14H20N2OS/c17-13-10-14(4-6-15-7-5-14)11-16(13)8-3-12-2-1-9-18-12/h1-2,9,15H,3-8,10-11H2. The summed E-state index contributed by atoms with van der Waals surface area (Å²) in [6.45, 7) is 4.03. The molecule has 2 saturated heterocycles. The number of rotatable bonds is 3. The van der Waals surface area contributed by atoms with Crippen LogP contribution in [0, 0.1) is 5.41 Å². The van der Waals surface area contributed by atoms with Crippen LogP contribution in [0.25, 0.3) is 0 Å². The van der Waals surface area contributed by atoms with Gasteiger partial charge in [0.1, 0.15) is 0 Å². The Labute approximate surface area is 112 Å². The molecule has 1 aromatic heterocycles. The molecule has 0 aliphatic carbocycles. The van der Waals surface area contributed by atoms with Gasteiger partial charge in [-0.2, -0.15) is 0 Å². The molecule has 0 bridgehead atoms. The minimum Gasteiger partial charge on any atom is -0.342 e. The van der Waals surface area contributed by atoms with Gasteiger partial charge in [-0.3, -0.25) is 4.79 Å². The summed E-state index contributed by atoms with van der Waals surface area (Å²) in [6.07, 6.45) is 4.11. The fourth-order valence-electron chi connectivity index (χ4n) is 3.18. The van der Waals surface area contributed by atoms with Gasteiger partial charge in [-0.1, -0.05) is 6.07 Å². The van der Waals surface area contributed by atoms with Crippen molar-refractivity contribution < 1.29 is 4.79 Å². The number of carbonyl (C=O) groups is 1. The molecule has 1 spiro atoms. The van der Waals surface area contributed by atoms with Crippen LogP contribution in [-0.2, 0) is 11.2 Å². The maximum atomic E-state index is 12.1. The van der Waals surface area contributed by atoms with Crippen LogP contribution in [-0.4, -0.2) is 37.0 Å². The molecule has 0 unspecified atom stereocenters. The maximum Gasteiger partial charge on any atom is 0.223 e. The molecule has 1 N–H and O–H groups in total. The molecular weight excluding hydrogens is 244 g/mol. The van der Waals surface area contributed by atoms with Crippen molar-refractivity contribution >= 4 is 17.2 Å². The van der Waals surface area contributed by atoms with Crippen LogP contribution < -0.4 is 5.32 Å². The molecule has 2 aliphatic rings. The Morgan fingerprint density at radius 1 is 1.39 bits per heavy atom. The number of piperidine rings is 1. The second-order valence-corrected chi connectivity index (χ2v) is 6.60. The second kappa shape index (κ2) is 5.02. The predicted octanol–water partition coefficient (Wildman–Crippen LogP) is 1.89. The highest BCUT2D eigenvalue weighted by molar-refractivity contribution is 7.09. The number of hydrogen-bond acceptors (Lipinski definition) is 3. The number of carbonyl (C=O) groups excluding carboxylic acids is 1. The molecule has 0 aromatic carbocycles. The number of nitrogens with zero attached hydrogens (tertiary/aromatic N) is 1. The molecule has 1 amide bonds. The zero-order valence-electron chi connectivity index (χ0n) is 10.7. The quantitative estimate of drug-likeness (QED) is 0.904. The zero-order chi connectivity index (χ0) is 12.4. The third-order valence-corrected chi connectivity index (χ3v) is 5.21. The lowest BCUT2D eigenvalue weighted by atomic mass is 9.78. The van der Waals surface area contributed by atoms with Crippen LogP contribution >= 0.6 is 11.3 Å². The highest BCUT2D eigenvalue weighted by Gasteiger charge is 2.43. The van der Waals surface area contributed by atoms with Crippen molar-refractivity contribution in [3.8, 4) is 0 Å². The van der Waals surface area contributed by atoms with Gasteiger partial charge in [-0.25, -0.2) is 0 Å². The van der Waals surface area contributed by atoms with Gasteiger partial charge in [0.25, 0.3) is 0 Å². The van der Waals surface area contributed by atoms with Crippen LogP contribution in [0.15, 0.2) is 17.5 Å². The largest absolute Gasteiger partial charge is 0.342 e. The zero-order valence-corrected chi connectivity index (χ0v) is 11.5. The van der Waals surface area contributed by atoms with Crippen molar-refractivity contribution in [2.24, 2.45) is 5.41 Å². The lowest BCUT2D eigenvalue weighted by Crippen LogP contribution is -2.39. The molecule has 98 valence electrons. The van der Waals surface area contributed by atoms with E-state index in [1.807, 2.05) is 0 Å². The van der Waals surface area contributed by atoms with E-state index >= 15 is 0 Å². The number of amides is 1. The van der Waals surface area contributed by atoms with Gasteiger partial charge in [0.05, 0.1) is 0 Å². The molecule has 0 radical (unpaired) electrons. The van der Waals surface area contributed by atoms with E-state index in [-0.39, 0.29) is 5.41 Å². The molecule has 4 heteroatoms. The van der Waals surface area contributed by atoms with Gasteiger partial charge in [0.2, 0.25) is 5.91 Å². The summed E-state index contributed by atoms with van der Waals surface area (Å²) in [7, 11) is 0. The third kappa shape index (κ3) is 2.45. The molecule has 18 heavy (non-hydrogen) atoms. The number of likely N-dealkylation sites (tertiary alicyclic amines) is 1. The summed E-state index contributed by atoms with van der Waals surface area (Å²) in [4.78, 5) is 15.6. The summed E-state index contributed by atoms with van der Waals surface area (Å²) < 4.78 is 0. The number of thiophene rings is 1. The minimum absolute atomic E-state index is 0.289. The van der Waals surface area contributed by atoms with Crippen molar-refractivity contribution in [2.75, 3.05) is 26.2 Å². The maximum absolute atomic E-state index is 12.1. The average molecular weight is 264 g/mol. The van der Waals surface area contributed by atoms with Crippen molar-refractivity contribution in [2.45, 2.75) is 25.7 Å². The van der Waals surface area contributed by atoms with E-state index in [2.05, 4.69) is 27.7 Å². The fourth-order valence-corrected chi connectivity index (χ4v) is 3.88. The fraction of sp³-hybridized carbons (Fsp3) is 0.643. The van der Waals surface area contributed by atoms with Crippen LogP contribution in [0.1, 0.15) is 24.1 Å². The Hall–Kier alpha value is -0.870. The van der Waals surface area contributed by atoms with Crippen molar-refractivity contribution in [1.29, 1.82) is 0 Å². The smallest absolute Gasteiger partial charge is 0.223 e. The van der Waals surface area contributed by atoms with Crippen LogP contribution in [0.5, 0.6) is 0 Å². The average Bonchev–Trinajstić information content (AvgIpc) is 2.97. The number of hydrogen-bond donors (Lipinski definition) is 1. The first-order chi connectivity index (χ1) is 8.77. The third-order valence-electron chi connectivity index (χ3n) is 4.28. The van der Waals surface area contributed by atoms with Gasteiger partial charge >= 0.3 is 0 Å². The van der Waals surface area contributed by atoms with E-state index in [0.717, 1.165) is 51.9 Å². The predicted molar refractivity (Wildman–Crippen MR) is 73.8 cm³/mol. The SMILES string of the molecule is O=C1CC2(CCNCC2)CN1CCc1cccs1. The summed E-state index contributed by atoms with van der Waals surface area (Å²) in [5.41, 5.74) is 0.289. The molecule has 1 aromatic rings. The summed E-state index contributed by atoms with van der Waals surface area (Å²) in [5.74, 6) is 0.369. The van der Waals surface area contributed by atoms with Gasteiger partial charge < -0.3 is 10.2 Å². The van der Waals surface area contributed by atoms with Crippen LogP contribution in [0.3, 0.4) is 0 Å². The normalized spacial score (nSPS) is 22.9. The molecule has 2 aliphatic heterocycles. The van der Waals surface area contributed by atoms with Crippen molar-refractivity contribution in [3.05, 3.63) is 22.4 Å². The first kappa shape index (κ1) is 12.2. The molecular formula is C14H20N2OS. The number of nitrogens with one attached hydrogen (secondary N) is 1. The highest BCUT2D eigenvalue weighted by atomic mass is 32.1. The van der Waals surface area contributed by atoms with Crippen LogP contribution in [0.2, 0.25) is 0 Å². The summed E-state index contributed by atoms with van der Waals surface area (Å²) in [6, 6.07) is 4.24. The summed E-state index contributed by atoms with van der Waals surface area (Å²) >= 11 is 1.79. The highest BCUT2D eigenvalue weighted by Crippen LogP contribution is 2.39. The van der Waals surface area contributed by atoms with Gasteiger partial charge in [0, 0.05) is 24.4 Å². The van der Waals surface area contributed by atoms with E-state index in [4.69, 9.17) is 0 Å². The van der Waals surface area contributed by atoms with Crippen molar-refractivity contribution in [3.63, 3.8) is 0 Å². The Morgan fingerprint density at radius 3 is 2.94 bits per heavy atom. The Bertz CT molecular complexity index is 409. The topological polar surface area (TPSA) is 32.3 Å². The van der Waals surface area contributed by atoms with E-state index in [1.54, 1.807) is 11.3 Å². The summed E-state index contributed by atoms with van der Waals surface area (Å²) in [5, 5.41) is 5.50. The van der Waals surface area contributed by atoms with Crippen LogP contribution in [0.4, 0.5) is 0 Å². The lowest BCUT2D eigenvalue weighted by molar-refractivity contribution is -0.127. The molecule has 3 heterocycles. The first-order valence-corrected chi connectivity index (χ1v) is 7.66. The molecule has 3 nitrogen and oxygen atoms in total. The van der Waals surface area contributed by atoms with E-state index < -0.39 is 0 Å². The van der Waals surface area contributed by atoms with Crippen molar-refractivity contribution in [1.82, 2.24) is 10.2 Å². The Kier molecular flexibility index (Phi) is 3.39. The molecule has 0 saturated carbocycles. The Balaban J connectivity index is 1.58. The molecule has 0 atom stereocenters. The first-order valence-electron chi connectivity index (χ1n) is 6.78. The van der Waals surface area contributed by atoms with E-state index in [1.165, 1.54) is 4.88 Å². The van der Waals surface area contributed by atoms with Gasteiger partial charge in [-0.15, -0.1) is 11.3 Å².